The van der Waals surface area contributed by atoms with E-state index in [4.69, 9.17) is 11.6 Å². The number of benzene rings is 1. The smallest absolute Gasteiger partial charge is 0.0848 e. The van der Waals surface area contributed by atoms with Crippen LogP contribution < -0.4 is 5.32 Å². The molecule has 0 amide bonds. The molecule has 96 valence electrons. The summed E-state index contributed by atoms with van der Waals surface area (Å²) in [5, 5.41) is 8.37. The van der Waals surface area contributed by atoms with E-state index < -0.39 is 0 Å². The topological polar surface area (TPSA) is 29.9 Å². The average molecular weight is 264 g/mol. The Balaban J connectivity index is 2.45. The van der Waals surface area contributed by atoms with Crippen molar-refractivity contribution >= 4 is 11.6 Å². The van der Waals surface area contributed by atoms with Crippen LogP contribution >= 0.6 is 11.6 Å². The molecule has 0 fully saturated rings. The van der Waals surface area contributed by atoms with Gasteiger partial charge in [-0.2, -0.15) is 5.10 Å². The lowest BCUT2D eigenvalue weighted by Gasteiger charge is -2.09. The summed E-state index contributed by atoms with van der Waals surface area (Å²) in [6, 6.07) is 6.35. The first-order valence-corrected chi connectivity index (χ1v) is 6.38. The number of halogens is 1. The number of aromatic nitrogens is 2. The predicted octanol–water partition coefficient (Wildman–Crippen LogP) is 3.17. The number of aryl methyl sites for hydroxylation is 2. The van der Waals surface area contributed by atoms with E-state index in [-0.39, 0.29) is 0 Å². The molecule has 0 unspecified atom stereocenters. The lowest BCUT2D eigenvalue weighted by Crippen LogP contribution is -2.07. The number of nitrogens with one attached hydrogen (secondary N) is 1. The Bertz CT molecular complexity index is 573. The van der Waals surface area contributed by atoms with Gasteiger partial charge in [0.05, 0.1) is 22.1 Å². The van der Waals surface area contributed by atoms with Crippen molar-refractivity contribution in [3.8, 4) is 5.69 Å². The van der Waals surface area contributed by atoms with Crippen molar-refractivity contribution in [2.75, 3.05) is 7.05 Å². The number of rotatable bonds is 3. The van der Waals surface area contributed by atoms with Crippen molar-refractivity contribution in [3.05, 3.63) is 45.7 Å². The van der Waals surface area contributed by atoms with Crippen LogP contribution in [0.15, 0.2) is 18.2 Å². The Morgan fingerprint density at radius 1 is 1.28 bits per heavy atom. The Morgan fingerprint density at radius 2 is 2.00 bits per heavy atom. The van der Waals surface area contributed by atoms with Gasteiger partial charge in [-0.05, 0) is 51.1 Å². The van der Waals surface area contributed by atoms with E-state index in [2.05, 4.69) is 35.5 Å². The normalized spacial score (nSPS) is 10.9. The predicted molar refractivity (Wildman–Crippen MR) is 75.5 cm³/mol. The highest BCUT2D eigenvalue weighted by molar-refractivity contribution is 6.31. The SMILES string of the molecule is CNCc1ccc(-n2nc(C)c(Cl)c2C)cc1C. The first-order valence-electron chi connectivity index (χ1n) is 6.00. The minimum atomic E-state index is 0.743. The highest BCUT2D eigenvalue weighted by Crippen LogP contribution is 2.23. The Kier molecular flexibility index (Phi) is 3.73. The van der Waals surface area contributed by atoms with E-state index in [1.165, 1.54) is 11.1 Å². The quantitative estimate of drug-likeness (QED) is 0.922. The van der Waals surface area contributed by atoms with Gasteiger partial charge in [0.25, 0.3) is 0 Å². The molecule has 0 saturated heterocycles. The van der Waals surface area contributed by atoms with Gasteiger partial charge in [0.2, 0.25) is 0 Å². The van der Waals surface area contributed by atoms with E-state index in [9.17, 15) is 0 Å². The van der Waals surface area contributed by atoms with E-state index in [0.717, 1.165) is 28.6 Å². The van der Waals surface area contributed by atoms with Crippen LogP contribution in [0.2, 0.25) is 5.02 Å². The first kappa shape index (κ1) is 13.1. The molecule has 1 aromatic heterocycles. The average Bonchev–Trinajstić information content (AvgIpc) is 2.60. The Labute approximate surface area is 113 Å². The number of nitrogens with zero attached hydrogens (tertiary/aromatic N) is 2. The summed E-state index contributed by atoms with van der Waals surface area (Å²) in [5.74, 6) is 0. The second-order valence-corrected chi connectivity index (χ2v) is 4.92. The van der Waals surface area contributed by atoms with Crippen LogP contribution in [-0.4, -0.2) is 16.8 Å². The maximum atomic E-state index is 6.18. The molecular weight excluding hydrogens is 246 g/mol. The molecule has 0 saturated carbocycles. The molecule has 0 aliphatic carbocycles. The third-order valence-corrected chi connectivity index (χ3v) is 3.69. The summed E-state index contributed by atoms with van der Waals surface area (Å²) in [6.45, 7) is 6.90. The molecule has 0 bridgehead atoms. The summed E-state index contributed by atoms with van der Waals surface area (Å²) < 4.78 is 1.90. The largest absolute Gasteiger partial charge is 0.316 e. The highest BCUT2D eigenvalue weighted by atomic mass is 35.5. The molecule has 0 spiro atoms. The second-order valence-electron chi connectivity index (χ2n) is 4.54. The van der Waals surface area contributed by atoms with Gasteiger partial charge in [0, 0.05) is 6.54 Å². The molecule has 1 aromatic carbocycles. The van der Waals surface area contributed by atoms with Crippen LogP contribution in [-0.2, 0) is 6.54 Å². The maximum absolute atomic E-state index is 6.18. The van der Waals surface area contributed by atoms with Crippen molar-refractivity contribution in [1.29, 1.82) is 0 Å². The number of hydrogen-bond donors (Lipinski definition) is 1. The standard InChI is InChI=1S/C14H18ClN3/c1-9-7-13(6-5-12(9)8-16-4)18-11(3)14(15)10(2)17-18/h5-7,16H,8H2,1-4H3. The molecule has 0 radical (unpaired) electrons. The molecule has 0 aliphatic heterocycles. The lowest BCUT2D eigenvalue weighted by molar-refractivity contribution is 0.804. The molecule has 0 aliphatic rings. The van der Waals surface area contributed by atoms with Gasteiger partial charge < -0.3 is 5.32 Å². The molecule has 18 heavy (non-hydrogen) atoms. The summed E-state index contributed by atoms with van der Waals surface area (Å²) in [5.41, 5.74) is 5.46. The molecule has 2 rings (SSSR count). The van der Waals surface area contributed by atoms with Gasteiger partial charge in [0.15, 0.2) is 0 Å². The summed E-state index contributed by atoms with van der Waals surface area (Å²) >= 11 is 6.18. The van der Waals surface area contributed by atoms with Crippen molar-refractivity contribution in [3.63, 3.8) is 0 Å². The molecular formula is C14H18ClN3. The van der Waals surface area contributed by atoms with Gasteiger partial charge in [0.1, 0.15) is 0 Å². The van der Waals surface area contributed by atoms with Gasteiger partial charge in [-0.1, -0.05) is 17.7 Å². The fourth-order valence-electron chi connectivity index (χ4n) is 2.08. The number of hydrogen-bond acceptors (Lipinski definition) is 2. The van der Waals surface area contributed by atoms with Gasteiger partial charge in [-0.3, -0.25) is 0 Å². The molecule has 0 atom stereocenters. The van der Waals surface area contributed by atoms with E-state index in [1.807, 2.05) is 25.6 Å². The van der Waals surface area contributed by atoms with Crippen molar-refractivity contribution in [2.24, 2.45) is 0 Å². The van der Waals surface area contributed by atoms with E-state index >= 15 is 0 Å². The fourth-order valence-corrected chi connectivity index (χ4v) is 2.19. The van der Waals surface area contributed by atoms with Crippen LogP contribution in [0.3, 0.4) is 0 Å². The second kappa shape index (κ2) is 5.12. The van der Waals surface area contributed by atoms with Crippen molar-refractivity contribution < 1.29 is 0 Å². The fraction of sp³-hybridized carbons (Fsp3) is 0.357. The van der Waals surface area contributed by atoms with E-state index in [1.54, 1.807) is 0 Å². The molecule has 1 N–H and O–H groups in total. The van der Waals surface area contributed by atoms with E-state index in [0.29, 0.717) is 0 Å². The van der Waals surface area contributed by atoms with Crippen molar-refractivity contribution in [1.82, 2.24) is 15.1 Å². The van der Waals surface area contributed by atoms with Gasteiger partial charge >= 0.3 is 0 Å². The van der Waals surface area contributed by atoms with Crippen LogP contribution in [0.5, 0.6) is 0 Å². The first-order chi connectivity index (χ1) is 8.54. The summed E-state index contributed by atoms with van der Waals surface area (Å²) in [7, 11) is 1.95. The molecule has 4 heteroatoms. The van der Waals surface area contributed by atoms with Crippen LogP contribution in [0, 0.1) is 20.8 Å². The van der Waals surface area contributed by atoms with Crippen LogP contribution in [0.25, 0.3) is 5.69 Å². The summed E-state index contributed by atoms with van der Waals surface area (Å²) in [6.07, 6.45) is 0. The lowest BCUT2D eigenvalue weighted by atomic mass is 10.1. The molecule has 1 heterocycles. The zero-order valence-corrected chi connectivity index (χ0v) is 12.0. The Hall–Kier alpha value is -1.32. The van der Waals surface area contributed by atoms with Gasteiger partial charge in [-0.15, -0.1) is 0 Å². The Morgan fingerprint density at radius 3 is 2.50 bits per heavy atom. The van der Waals surface area contributed by atoms with Crippen molar-refractivity contribution in [2.45, 2.75) is 27.3 Å². The van der Waals surface area contributed by atoms with Gasteiger partial charge in [-0.25, -0.2) is 4.68 Å². The van der Waals surface area contributed by atoms with Crippen LogP contribution in [0.4, 0.5) is 0 Å². The third kappa shape index (κ3) is 2.28. The monoisotopic (exact) mass is 263 g/mol. The highest BCUT2D eigenvalue weighted by Gasteiger charge is 2.11. The van der Waals surface area contributed by atoms with Crippen LogP contribution in [0.1, 0.15) is 22.5 Å². The summed E-state index contributed by atoms with van der Waals surface area (Å²) in [4.78, 5) is 0. The third-order valence-electron chi connectivity index (χ3n) is 3.14. The maximum Gasteiger partial charge on any atom is 0.0848 e. The molecule has 3 nitrogen and oxygen atoms in total. The zero-order valence-electron chi connectivity index (χ0n) is 11.2. The zero-order chi connectivity index (χ0) is 13.3. The minimum absolute atomic E-state index is 0.743. The molecule has 2 aromatic rings. The minimum Gasteiger partial charge on any atom is -0.316 e.